The van der Waals surface area contributed by atoms with Crippen LogP contribution in [0, 0.1) is 12.8 Å². The molecule has 1 heterocycles. The number of carbonyl (C=O) groups is 1. The zero-order valence-corrected chi connectivity index (χ0v) is 11.1. The summed E-state index contributed by atoms with van der Waals surface area (Å²) in [6, 6.07) is 9.69. The first kappa shape index (κ1) is 12.3. The normalized spacial score (nSPS) is 16.5. The van der Waals surface area contributed by atoms with Gasteiger partial charge in [0.25, 0.3) is 0 Å². The molecule has 0 spiro atoms. The Balaban J connectivity index is 1.83. The topological polar surface area (TPSA) is 56.0 Å². The standard InChI is InChI=1S/C16H18N2O/c1-10-2-3-12-8-13(6-7-15(12)18-10)16(19)9-14(17)11-4-5-11/h2-3,6-8,11,14H,4-5,9,17H2,1H3. The number of hydrogen-bond donors (Lipinski definition) is 1. The van der Waals surface area contributed by atoms with Crippen LogP contribution < -0.4 is 5.73 Å². The zero-order chi connectivity index (χ0) is 13.4. The van der Waals surface area contributed by atoms with Crippen LogP contribution in [0.5, 0.6) is 0 Å². The highest BCUT2D eigenvalue weighted by atomic mass is 16.1. The maximum absolute atomic E-state index is 12.2. The average molecular weight is 254 g/mol. The van der Waals surface area contributed by atoms with E-state index in [-0.39, 0.29) is 11.8 Å². The Morgan fingerprint density at radius 1 is 1.37 bits per heavy atom. The van der Waals surface area contributed by atoms with Gasteiger partial charge in [0.1, 0.15) is 0 Å². The van der Waals surface area contributed by atoms with E-state index in [0.29, 0.717) is 12.3 Å². The van der Waals surface area contributed by atoms with Crippen molar-refractivity contribution < 1.29 is 4.79 Å². The maximum atomic E-state index is 12.2. The van der Waals surface area contributed by atoms with Crippen LogP contribution in [0.2, 0.25) is 0 Å². The molecule has 2 aromatic rings. The molecule has 0 aliphatic heterocycles. The number of fused-ring (bicyclic) bond motifs is 1. The molecule has 1 saturated carbocycles. The smallest absolute Gasteiger partial charge is 0.164 e. The Kier molecular flexibility index (Phi) is 3.07. The minimum atomic E-state index is 0.0272. The third-order valence-corrected chi connectivity index (χ3v) is 3.80. The molecule has 98 valence electrons. The fourth-order valence-electron chi connectivity index (χ4n) is 2.42. The van der Waals surface area contributed by atoms with Gasteiger partial charge >= 0.3 is 0 Å². The molecule has 0 radical (unpaired) electrons. The summed E-state index contributed by atoms with van der Waals surface area (Å²) < 4.78 is 0. The van der Waals surface area contributed by atoms with Crippen molar-refractivity contribution in [2.24, 2.45) is 11.7 Å². The molecule has 1 unspecified atom stereocenters. The molecule has 1 aromatic heterocycles. The molecule has 19 heavy (non-hydrogen) atoms. The highest BCUT2D eigenvalue weighted by Crippen LogP contribution is 2.33. The molecule has 3 nitrogen and oxygen atoms in total. The molecule has 1 fully saturated rings. The van der Waals surface area contributed by atoms with Crippen molar-refractivity contribution in [1.82, 2.24) is 4.98 Å². The molecule has 1 aliphatic carbocycles. The summed E-state index contributed by atoms with van der Waals surface area (Å²) in [5.74, 6) is 0.704. The number of aryl methyl sites for hydroxylation is 1. The van der Waals surface area contributed by atoms with Crippen LogP contribution in [0.3, 0.4) is 0 Å². The Labute approximate surface area is 112 Å². The number of hydrogen-bond acceptors (Lipinski definition) is 3. The number of aromatic nitrogens is 1. The van der Waals surface area contributed by atoms with Crippen LogP contribution in [0.4, 0.5) is 0 Å². The van der Waals surface area contributed by atoms with Crippen LogP contribution in [0.15, 0.2) is 30.3 Å². The first-order valence-corrected chi connectivity index (χ1v) is 6.80. The van der Waals surface area contributed by atoms with E-state index in [1.165, 1.54) is 12.8 Å². The van der Waals surface area contributed by atoms with Gasteiger partial charge in [0.2, 0.25) is 0 Å². The molecule has 1 aliphatic rings. The van der Waals surface area contributed by atoms with Gasteiger partial charge in [-0.3, -0.25) is 9.78 Å². The van der Waals surface area contributed by atoms with E-state index in [2.05, 4.69) is 4.98 Å². The molecule has 3 heteroatoms. The fourth-order valence-corrected chi connectivity index (χ4v) is 2.42. The van der Waals surface area contributed by atoms with Crippen molar-refractivity contribution in [2.45, 2.75) is 32.2 Å². The SMILES string of the molecule is Cc1ccc2cc(C(=O)CC(N)C3CC3)ccc2n1. The van der Waals surface area contributed by atoms with E-state index in [4.69, 9.17) is 5.73 Å². The van der Waals surface area contributed by atoms with Crippen molar-refractivity contribution in [3.63, 3.8) is 0 Å². The van der Waals surface area contributed by atoms with Gasteiger partial charge in [0.05, 0.1) is 5.52 Å². The number of nitrogens with zero attached hydrogens (tertiary/aromatic N) is 1. The van der Waals surface area contributed by atoms with Gasteiger partial charge in [0, 0.05) is 29.1 Å². The summed E-state index contributed by atoms with van der Waals surface area (Å²) in [7, 11) is 0. The van der Waals surface area contributed by atoms with Crippen molar-refractivity contribution in [1.29, 1.82) is 0 Å². The van der Waals surface area contributed by atoms with Gasteiger partial charge < -0.3 is 5.73 Å². The van der Waals surface area contributed by atoms with Crippen LogP contribution in [0.25, 0.3) is 10.9 Å². The third kappa shape index (κ3) is 2.66. The molecule has 0 amide bonds. The van der Waals surface area contributed by atoms with Crippen LogP contribution >= 0.6 is 0 Å². The van der Waals surface area contributed by atoms with Crippen molar-refractivity contribution in [3.8, 4) is 0 Å². The number of nitrogens with two attached hydrogens (primary N) is 1. The summed E-state index contributed by atoms with van der Waals surface area (Å²) in [4.78, 5) is 16.6. The predicted molar refractivity (Wildman–Crippen MR) is 76.1 cm³/mol. The number of ketones is 1. The molecule has 2 N–H and O–H groups in total. The van der Waals surface area contributed by atoms with E-state index < -0.39 is 0 Å². The number of benzene rings is 1. The zero-order valence-electron chi connectivity index (χ0n) is 11.1. The average Bonchev–Trinajstić information content (AvgIpc) is 3.22. The summed E-state index contributed by atoms with van der Waals surface area (Å²) >= 11 is 0. The predicted octanol–water partition coefficient (Wildman–Crippen LogP) is 2.85. The van der Waals surface area contributed by atoms with Gasteiger partial charge in [0.15, 0.2) is 5.78 Å². The Morgan fingerprint density at radius 3 is 2.89 bits per heavy atom. The van der Waals surface area contributed by atoms with Gasteiger partial charge in [-0.15, -0.1) is 0 Å². The van der Waals surface area contributed by atoms with E-state index in [9.17, 15) is 4.79 Å². The summed E-state index contributed by atoms with van der Waals surface area (Å²) in [5, 5.41) is 1.01. The molecular weight excluding hydrogens is 236 g/mol. The number of rotatable bonds is 4. The van der Waals surface area contributed by atoms with E-state index in [1.54, 1.807) is 0 Å². The van der Waals surface area contributed by atoms with Gasteiger partial charge in [-0.1, -0.05) is 6.07 Å². The van der Waals surface area contributed by atoms with Crippen molar-refractivity contribution in [3.05, 3.63) is 41.6 Å². The number of Topliss-reactive ketones (excluding diaryl/α,β-unsaturated/α-hetero) is 1. The van der Waals surface area contributed by atoms with E-state index in [0.717, 1.165) is 22.2 Å². The highest BCUT2D eigenvalue weighted by molar-refractivity contribution is 5.99. The van der Waals surface area contributed by atoms with Crippen LogP contribution in [0.1, 0.15) is 35.3 Å². The lowest BCUT2D eigenvalue weighted by molar-refractivity contribution is 0.0971. The number of carbonyl (C=O) groups excluding carboxylic acids is 1. The lowest BCUT2D eigenvalue weighted by Gasteiger charge is -2.09. The van der Waals surface area contributed by atoms with Crippen molar-refractivity contribution in [2.75, 3.05) is 0 Å². The number of pyridine rings is 1. The van der Waals surface area contributed by atoms with Crippen LogP contribution in [-0.4, -0.2) is 16.8 Å². The monoisotopic (exact) mass is 254 g/mol. The molecular formula is C16H18N2O. The second-order valence-electron chi connectivity index (χ2n) is 5.49. The Hall–Kier alpha value is -1.74. The molecule has 3 rings (SSSR count). The molecule has 0 saturated heterocycles. The lowest BCUT2D eigenvalue weighted by Crippen LogP contribution is -2.25. The Morgan fingerprint density at radius 2 is 2.16 bits per heavy atom. The lowest BCUT2D eigenvalue weighted by atomic mass is 10.00. The first-order valence-electron chi connectivity index (χ1n) is 6.80. The molecule has 1 atom stereocenters. The minimum Gasteiger partial charge on any atom is -0.327 e. The van der Waals surface area contributed by atoms with Gasteiger partial charge in [-0.2, -0.15) is 0 Å². The molecule has 1 aromatic carbocycles. The second kappa shape index (κ2) is 4.74. The highest BCUT2D eigenvalue weighted by Gasteiger charge is 2.29. The summed E-state index contributed by atoms with van der Waals surface area (Å²) in [6.45, 7) is 1.97. The third-order valence-electron chi connectivity index (χ3n) is 3.80. The first-order chi connectivity index (χ1) is 9.13. The summed E-state index contributed by atoms with van der Waals surface area (Å²) in [6.07, 6.45) is 2.81. The van der Waals surface area contributed by atoms with Gasteiger partial charge in [-0.25, -0.2) is 0 Å². The summed E-state index contributed by atoms with van der Waals surface area (Å²) in [5.41, 5.74) is 8.68. The van der Waals surface area contributed by atoms with E-state index >= 15 is 0 Å². The maximum Gasteiger partial charge on any atom is 0.164 e. The van der Waals surface area contributed by atoms with Gasteiger partial charge in [-0.05, 0) is 49.9 Å². The second-order valence-corrected chi connectivity index (χ2v) is 5.49. The minimum absolute atomic E-state index is 0.0272. The largest absolute Gasteiger partial charge is 0.327 e. The quantitative estimate of drug-likeness (QED) is 0.853. The van der Waals surface area contributed by atoms with E-state index in [1.807, 2.05) is 37.3 Å². The fraction of sp³-hybridized carbons (Fsp3) is 0.375. The van der Waals surface area contributed by atoms with Crippen molar-refractivity contribution >= 4 is 16.7 Å². The molecule has 0 bridgehead atoms. The van der Waals surface area contributed by atoms with Crippen LogP contribution in [-0.2, 0) is 0 Å². The Bertz CT molecular complexity index is 632.